The summed E-state index contributed by atoms with van der Waals surface area (Å²) in [5.74, 6) is 0. The third-order valence-electron chi connectivity index (χ3n) is 3.43. The molecule has 0 aliphatic rings. The zero-order valence-corrected chi connectivity index (χ0v) is 15.5. The Kier molecular flexibility index (Phi) is 7.08. The molecule has 0 radical (unpaired) electrons. The standard InChI is InChI=1S/C19H16.C3H5I/c1-15-7-5-10-17(13-15)19-12-6-11-18(14-19)16-8-3-2-4-9-16;1-2-3-4/h2-14H,1H3;2H,1,3H2. The zero-order chi connectivity index (χ0) is 16.5. The summed E-state index contributed by atoms with van der Waals surface area (Å²) in [6.45, 7) is 5.60. The van der Waals surface area contributed by atoms with Gasteiger partial charge in [0, 0.05) is 4.43 Å². The van der Waals surface area contributed by atoms with Crippen LogP contribution in [0.1, 0.15) is 5.56 Å². The van der Waals surface area contributed by atoms with Gasteiger partial charge in [0.2, 0.25) is 0 Å². The minimum atomic E-state index is 1.05. The van der Waals surface area contributed by atoms with Crippen molar-refractivity contribution >= 4 is 22.6 Å². The van der Waals surface area contributed by atoms with Crippen molar-refractivity contribution in [1.82, 2.24) is 0 Å². The maximum Gasteiger partial charge on any atom is 0.0173 e. The smallest absolute Gasteiger partial charge is 0.0173 e. The molecule has 0 atom stereocenters. The number of hydrogen-bond donors (Lipinski definition) is 0. The summed E-state index contributed by atoms with van der Waals surface area (Å²) in [6.07, 6.45) is 1.86. The molecule has 0 bridgehead atoms. The van der Waals surface area contributed by atoms with Crippen LogP contribution in [-0.2, 0) is 0 Å². The second-order valence-corrected chi connectivity index (χ2v) is 6.14. The summed E-state index contributed by atoms with van der Waals surface area (Å²) in [7, 11) is 0. The largest absolute Gasteiger partial charge is 0.102 e. The van der Waals surface area contributed by atoms with Crippen molar-refractivity contribution in [3.63, 3.8) is 0 Å². The summed E-state index contributed by atoms with van der Waals surface area (Å²) in [5, 5.41) is 0. The van der Waals surface area contributed by atoms with E-state index in [1.807, 2.05) is 12.1 Å². The van der Waals surface area contributed by atoms with Gasteiger partial charge in [0.05, 0.1) is 0 Å². The van der Waals surface area contributed by atoms with Crippen molar-refractivity contribution in [2.45, 2.75) is 6.92 Å². The number of benzene rings is 3. The van der Waals surface area contributed by atoms with E-state index in [0.29, 0.717) is 0 Å². The van der Waals surface area contributed by atoms with Crippen LogP contribution >= 0.6 is 22.6 Å². The molecule has 0 saturated carbocycles. The highest BCUT2D eigenvalue weighted by Crippen LogP contribution is 2.26. The maximum atomic E-state index is 3.47. The highest BCUT2D eigenvalue weighted by Gasteiger charge is 2.01. The average Bonchev–Trinajstić information content (AvgIpc) is 2.63. The first-order valence-corrected chi connectivity index (χ1v) is 9.16. The molecule has 0 saturated heterocycles. The van der Waals surface area contributed by atoms with Gasteiger partial charge in [-0.15, -0.1) is 6.58 Å². The Morgan fingerprint density at radius 2 is 1.22 bits per heavy atom. The molecule has 23 heavy (non-hydrogen) atoms. The first-order valence-electron chi connectivity index (χ1n) is 7.64. The lowest BCUT2D eigenvalue weighted by atomic mass is 9.98. The lowest BCUT2D eigenvalue weighted by Crippen LogP contribution is -1.82. The molecule has 3 aromatic carbocycles. The Morgan fingerprint density at radius 3 is 1.78 bits per heavy atom. The Labute approximate surface area is 153 Å². The fourth-order valence-corrected chi connectivity index (χ4v) is 2.33. The quantitative estimate of drug-likeness (QED) is 0.248. The predicted octanol–water partition coefficient (Wildman–Crippen LogP) is 6.94. The van der Waals surface area contributed by atoms with Gasteiger partial charge >= 0.3 is 0 Å². The van der Waals surface area contributed by atoms with E-state index < -0.39 is 0 Å². The molecule has 0 aliphatic heterocycles. The monoisotopic (exact) mass is 412 g/mol. The molecule has 0 heterocycles. The fraction of sp³-hybridized carbons (Fsp3) is 0.0909. The molecule has 1 heteroatoms. The first-order chi connectivity index (χ1) is 11.2. The average molecular weight is 412 g/mol. The van der Waals surface area contributed by atoms with E-state index in [2.05, 4.69) is 109 Å². The van der Waals surface area contributed by atoms with E-state index in [4.69, 9.17) is 0 Å². The third kappa shape index (κ3) is 5.36. The van der Waals surface area contributed by atoms with Crippen molar-refractivity contribution in [2.24, 2.45) is 0 Å². The van der Waals surface area contributed by atoms with Gasteiger partial charge in [-0.3, -0.25) is 0 Å². The highest BCUT2D eigenvalue weighted by molar-refractivity contribution is 14.1. The van der Waals surface area contributed by atoms with Crippen LogP contribution in [0.2, 0.25) is 0 Å². The Morgan fingerprint density at radius 1 is 0.739 bits per heavy atom. The van der Waals surface area contributed by atoms with E-state index in [1.165, 1.54) is 27.8 Å². The van der Waals surface area contributed by atoms with E-state index >= 15 is 0 Å². The Balaban J connectivity index is 0.000000433. The molecule has 3 aromatic rings. The molecular formula is C22H21I. The molecule has 0 aliphatic carbocycles. The molecule has 0 fully saturated rings. The van der Waals surface area contributed by atoms with Crippen LogP contribution < -0.4 is 0 Å². The third-order valence-corrected chi connectivity index (χ3v) is 4.05. The summed E-state index contributed by atoms with van der Waals surface area (Å²) in [4.78, 5) is 0. The van der Waals surface area contributed by atoms with Crippen LogP contribution in [-0.4, -0.2) is 4.43 Å². The van der Waals surface area contributed by atoms with Gasteiger partial charge in [0.15, 0.2) is 0 Å². The van der Waals surface area contributed by atoms with Crippen LogP contribution in [0.4, 0.5) is 0 Å². The number of aryl methyl sites for hydroxylation is 1. The van der Waals surface area contributed by atoms with Crippen molar-refractivity contribution in [3.8, 4) is 22.3 Å². The zero-order valence-electron chi connectivity index (χ0n) is 13.4. The first kappa shape index (κ1) is 17.5. The van der Waals surface area contributed by atoms with Crippen molar-refractivity contribution in [1.29, 1.82) is 0 Å². The van der Waals surface area contributed by atoms with Crippen LogP contribution in [0, 0.1) is 6.92 Å². The van der Waals surface area contributed by atoms with Crippen molar-refractivity contribution in [2.75, 3.05) is 4.43 Å². The van der Waals surface area contributed by atoms with E-state index in [9.17, 15) is 0 Å². The molecular weight excluding hydrogens is 391 g/mol. The fourth-order valence-electron chi connectivity index (χ4n) is 2.33. The molecule has 0 unspecified atom stereocenters. The minimum absolute atomic E-state index is 1.05. The molecule has 0 spiro atoms. The number of alkyl halides is 1. The molecule has 3 rings (SSSR count). The van der Waals surface area contributed by atoms with Crippen LogP contribution in [0.5, 0.6) is 0 Å². The summed E-state index contributed by atoms with van der Waals surface area (Å²) >= 11 is 2.23. The lowest BCUT2D eigenvalue weighted by Gasteiger charge is -2.06. The van der Waals surface area contributed by atoms with E-state index in [-0.39, 0.29) is 0 Å². The van der Waals surface area contributed by atoms with Crippen LogP contribution in [0.25, 0.3) is 22.3 Å². The highest BCUT2D eigenvalue weighted by atomic mass is 127. The maximum absolute atomic E-state index is 3.47. The summed E-state index contributed by atoms with van der Waals surface area (Å²) < 4.78 is 1.05. The van der Waals surface area contributed by atoms with Gasteiger partial charge in [-0.05, 0) is 35.2 Å². The number of halogens is 1. The van der Waals surface area contributed by atoms with Gasteiger partial charge in [0.25, 0.3) is 0 Å². The van der Waals surface area contributed by atoms with E-state index in [0.717, 1.165) is 4.43 Å². The van der Waals surface area contributed by atoms with Gasteiger partial charge in [-0.25, -0.2) is 0 Å². The van der Waals surface area contributed by atoms with Gasteiger partial charge in [-0.1, -0.05) is 107 Å². The molecule has 0 aromatic heterocycles. The van der Waals surface area contributed by atoms with E-state index in [1.54, 1.807) is 0 Å². The Hall–Kier alpha value is -1.87. The normalized spacial score (nSPS) is 9.65. The second kappa shape index (κ2) is 9.31. The molecule has 0 N–H and O–H groups in total. The van der Waals surface area contributed by atoms with Gasteiger partial charge in [0.1, 0.15) is 0 Å². The van der Waals surface area contributed by atoms with Crippen LogP contribution in [0.3, 0.4) is 0 Å². The Bertz CT molecular complexity index is 745. The topological polar surface area (TPSA) is 0 Å². The number of rotatable bonds is 3. The lowest BCUT2D eigenvalue weighted by molar-refractivity contribution is 1.47. The van der Waals surface area contributed by atoms with Gasteiger partial charge in [-0.2, -0.15) is 0 Å². The molecule has 0 nitrogen and oxygen atoms in total. The van der Waals surface area contributed by atoms with Crippen molar-refractivity contribution < 1.29 is 0 Å². The van der Waals surface area contributed by atoms with Gasteiger partial charge < -0.3 is 0 Å². The summed E-state index contributed by atoms with van der Waals surface area (Å²) in [6, 6.07) is 27.8. The number of hydrogen-bond acceptors (Lipinski definition) is 0. The molecule has 116 valence electrons. The predicted molar refractivity (Wildman–Crippen MR) is 111 cm³/mol. The number of allylic oxidation sites excluding steroid dienone is 1. The molecule has 0 amide bonds. The SMILES string of the molecule is C=CCI.Cc1cccc(-c2cccc(-c3ccccc3)c2)c1. The van der Waals surface area contributed by atoms with Crippen molar-refractivity contribution in [3.05, 3.63) is 97.1 Å². The second-order valence-electron chi connectivity index (χ2n) is 5.26. The minimum Gasteiger partial charge on any atom is -0.102 e. The summed E-state index contributed by atoms with van der Waals surface area (Å²) in [5.41, 5.74) is 6.36. The van der Waals surface area contributed by atoms with Crippen LogP contribution in [0.15, 0.2) is 91.5 Å².